The fraction of sp³-hybridized carbons (Fsp3) is 0.500. The van der Waals surface area contributed by atoms with Crippen LogP contribution in [0.5, 0.6) is 0 Å². The van der Waals surface area contributed by atoms with E-state index < -0.39 is 0 Å². The zero-order valence-electron chi connectivity index (χ0n) is 10.8. The minimum atomic E-state index is -0.298. The Hall–Kier alpha value is -1.39. The summed E-state index contributed by atoms with van der Waals surface area (Å²) in [6.45, 7) is 3.04. The molecule has 0 radical (unpaired) electrons. The number of carbonyl (C=O) groups is 1. The van der Waals surface area contributed by atoms with Crippen LogP contribution in [-0.2, 0) is 4.74 Å². The van der Waals surface area contributed by atoms with Gasteiger partial charge in [-0.1, -0.05) is 12.1 Å². The van der Waals surface area contributed by atoms with Crippen molar-refractivity contribution >= 4 is 5.97 Å². The predicted octanol–water partition coefficient (Wildman–Crippen LogP) is 1.27. The molecule has 1 heterocycles. The van der Waals surface area contributed by atoms with Crippen LogP contribution < -0.4 is 11.1 Å². The second-order valence-electron chi connectivity index (χ2n) is 4.91. The van der Waals surface area contributed by atoms with Crippen LogP contribution in [-0.4, -0.2) is 31.7 Å². The molecule has 18 heavy (non-hydrogen) atoms. The number of carbonyl (C=O) groups excluding carboxylic acids is 1. The topological polar surface area (TPSA) is 64.3 Å². The van der Waals surface area contributed by atoms with Crippen molar-refractivity contribution in [2.75, 3.05) is 13.7 Å². The number of ether oxygens (including phenoxy) is 1. The lowest BCUT2D eigenvalue weighted by atomic mass is 9.83. The summed E-state index contributed by atoms with van der Waals surface area (Å²) >= 11 is 0. The number of hydrogen-bond donors (Lipinski definition) is 2. The molecule has 0 saturated carbocycles. The summed E-state index contributed by atoms with van der Waals surface area (Å²) in [4.78, 5) is 11.4. The zero-order valence-corrected chi connectivity index (χ0v) is 10.8. The highest BCUT2D eigenvalue weighted by Gasteiger charge is 2.26. The molecule has 0 aliphatic carbocycles. The Morgan fingerprint density at radius 2 is 2.06 bits per heavy atom. The molecular weight excluding hydrogens is 228 g/mol. The first-order valence-corrected chi connectivity index (χ1v) is 6.29. The van der Waals surface area contributed by atoms with Gasteiger partial charge in [0.2, 0.25) is 0 Å². The van der Waals surface area contributed by atoms with Gasteiger partial charge < -0.3 is 15.8 Å². The summed E-state index contributed by atoms with van der Waals surface area (Å²) in [5, 5.41) is 3.41. The van der Waals surface area contributed by atoms with Crippen LogP contribution in [0.2, 0.25) is 0 Å². The van der Waals surface area contributed by atoms with E-state index in [1.54, 1.807) is 0 Å². The van der Waals surface area contributed by atoms with Crippen molar-refractivity contribution in [1.29, 1.82) is 0 Å². The summed E-state index contributed by atoms with van der Waals surface area (Å²) in [5.74, 6) is 0.105. The molecule has 1 aliphatic rings. The lowest BCUT2D eigenvalue weighted by molar-refractivity contribution is 0.0600. The van der Waals surface area contributed by atoms with Gasteiger partial charge in [0.1, 0.15) is 0 Å². The van der Waals surface area contributed by atoms with Gasteiger partial charge in [-0.2, -0.15) is 0 Å². The monoisotopic (exact) mass is 248 g/mol. The minimum Gasteiger partial charge on any atom is -0.465 e. The third-order valence-electron chi connectivity index (χ3n) is 3.62. The van der Waals surface area contributed by atoms with Crippen molar-refractivity contribution in [3.8, 4) is 0 Å². The Bertz CT molecular complexity index is 416. The number of nitrogens with two attached hydrogens (primary N) is 1. The van der Waals surface area contributed by atoms with Gasteiger partial charge in [0, 0.05) is 24.5 Å². The van der Waals surface area contributed by atoms with Crippen LogP contribution in [0.25, 0.3) is 0 Å². The first-order valence-electron chi connectivity index (χ1n) is 6.29. The molecule has 3 atom stereocenters. The fourth-order valence-corrected chi connectivity index (χ4v) is 2.50. The van der Waals surface area contributed by atoms with E-state index in [2.05, 4.69) is 17.0 Å². The van der Waals surface area contributed by atoms with Gasteiger partial charge in [0.25, 0.3) is 0 Å². The van der Waals surface area contributed by atoms with Crippen LogP contribution in [0, 0.1) is 0 Å². The molecule has 1 saturated heterocycles. The van der Waals surface area contributed by atoms with E-state index in [4.69, 9.17) is 5.73 Å². The molecule has 0 spiro atoms. The molecule has 1 fully saturated rings. The van der Waals surface area contributed by atoms with Gasteiger partial charge in [-0.3, -0.25) is 0 Å². The molecule has 98 valence electrons. The molecule has 1 aromatic rings. The second-order valence-corrected chi connectivity index (χ2v) is 4.91. The van der Waals surface area contributed by atoms with Crippen molar-refractivity contribution in [3.63, 3.8) is 0 Å². The van der Waals surface area contributed by atoms with E-state index in [0.717, 1.165) is 13.0 Å². The molecule has 3 N–H and O–H groups in total. The lowest BCUT2D eigenvalue weighted by Crippen LogP contribution is -2.48. The van der Waals surface area contributed by atoms with E-state index >= 15 is 0 Å². The van der Waals surface area contributed by atoms with Crippen LogP contribution in [0.4, 0.5) is 0 Å². The number of methoxy groups -OCH3 is 1. The molecule has 2 rings (SSSR count). The number of piperidine rings is 1. The quantitative estimate of drug-likeness (QED) is 0.774. The number of hydrogen-bond acceptors (Lipinski definition) is 4. The molecule has 0 amide bonds. The number of benzene rings is 1. The van der Waals surface area contributed by atoms with Gasteiger partial charge in [0.05, 0.1) is 12.7 Å². The number of rotatable bonds is 2. The average Bonchev–Trinajstić information content (AvgIpc) is 2.41. The highest BCUT2D eigenvalue weighted by Crippen LogP contribution is 2.27. The van der Waals surface area contributed by atoms with Gasteiger partial charge >= 0.3 is 5.97 Å². The van der Waals surface area contributed by atoms with E-state index in [0.29, 0.717) is 17.5 Å². The lowest BCUT2D eigenvalue weighted by Gasteiger charge is -2.34. The first kappa shape index (κ1) is 13.1. The van der Waals surface area contributed by atoms with Gasteiger partial charge in [0.15, 0.2) is 0 Å². The van der Waals surface area contributed by atoms with Crippen molar-refractivity contribution in [3.05, 3.63) is 35.4 Å². The average molecular weight is 248 g/mol. The Morgan fingerprint density at radius 1 is 1.39 bits per heavy atom. The SMILES string of the molecule is COC(=O)c1ccc(C2CC(N)CNC2C)cc1. The Kier molecular flexibility index (Phi) is 3.99. The van der Waals surface area contributed by atoms with E-state index in [9.17, 15) is 4.79 Å². The molecule has 3 unspecified atom stereocenters. The van der Waals surface area contributed by atoms with Crippen molar-refractivity contribution in [1.82, 2.24) is 5.32 Å². The molecule has 1 aliphatic heterocycles. The Balaban J connectivity index is 2.15. The summed E-state index contributed by atoms with van der Waals surface area (Å²) in [6.07, 6.45) is 0.978. The van der Waals surface area contributed by atoms with Gasteiger partial charge in [-0.25, -0.2) is 4.79 Å². The summed E-state index contributed by atoms with van der Waals surface area (Å²) in [7, 11) is 1.39. The van der Waals surface area contributed by atoms with E-state index in [1.807, 2.05) is 24.3 Å². The maximum Gasteiger partial charge on any atom is 0.337 e. The fourth-order valence-electron chi connectivity index (χ4n) is 2.50. The Morgan fingerprint density at radius 3 is 2.67 bits per heavy atom. The summed E-state index contributed by atoms with van der Waals surface area (Å²) in [5.41, 5.74) is 7.79. The van der Waals surface area contributed by atoms with Crippen LogP contribution in [0.1, 0.15) is 35.2 Å². The molecule has 0 aromatic heterocycles. The van der Waals surface area contributed by atoms with E-state index in [-0.39, 0.29) is 12.0 Å². The van der Waals surface area contributed by atoms with Crippen molar-refractivity contribution in [2.45, 2.75) is 31.3 Å². The maximum atomic E-state index is 11.4. The number of esters is 1. The molecule has 0 bridgehead atoms. The second kappa shape index (κ2) is 5.50. The van der Waals surface area contributed by atoms with Gasteiger partial charge in [-0.15, -0.1) is 0 Å². The third kappa shape index (κ3) is 2.71. The smallest absolute Gasteiger partial charge is 0.337 e. The molecule has 4 nitrogen and oxygen atoms in total. The summed E-state index contributed by atoms with van der Waals surface area (Å²) in [6, 6.07) is 8.22. The zero-order chi connectivity index (χ0) is 13.1. The predicted molar refractivity (Wildman–Crippen MR) is 70.6 cm³/mol. The van der Waals surface area contributed by atoms with E-state index in [1.165, 1.54) is 12.7 Å². The summed E-state index contributed by atoms with van der Waals surface area (Å²) < 4.78 is 4.69. The molecular formula is C14H20N2O2. The van der Waals surface area contributed by atoms with Crippen LogP contribution in [0.15, 0.2) is 24.3 Å². The molecule has 1 aromatic carbocycles. The highest BCUT2D eigenvalue weighted by molar-refractivity contribution is 5.89. The van der Waals surface area contributed by atoms with Crippen molar-refractivity contribution in [2.24, 2.45) is 5.73 Å². The van der Waals surface area contributed by atoms with Crippen molar-refractivity contribution < 1.29 is 9.53 Å². The minimum absolute atomic E-state index is 0.200. The molecule has 4 heteroatoms. The standard InChI is InChI=1S/C14H20N2O2/c1-9-13(7-12(15)8-16-9)10-3-5-11(6-4-10)14(17)18-2/h3-6,9,12-13,16H,7-8,15H2,1-2H3. The maximum absolute atomic E-state index is 11.4. The Labute approximate surface area is 108 Å². The van der Waals surface area contributed by atoms with Crippen LogP contribution in [0.3, 0.4) is 0 Å². The highest BCUT2D eigenvalue weighted by atomic mass is 16.5. The third-order valence-corrected chi connectivity index (χ3v) is 3.62. The first-order chi connectivity index (χ1) is 8.61. The number of nitrogens with one attached hydrogen (secondary N) is 1. The largest absolute Gasteiger partial charge is 0.465 e. The van der Waals surface area contributed by atoms with Gasteiger partial charge in [-0.05, 0) is 31.0 Å². The van der Waals surface area contributed by atoms with Crippen LogP contribution >= 0.6 is 0 Å². The normalized spacial score (nSPS) is 27.8.